The highest BCUT2D eigenvalue weighted by molar-refractivity contribution is 8.26. The summed E-state index contributed by atoms with van der Waals surface area (Å²) >= 11 is 12.3. The van der Waals surface area contributed by atoms with Crippen LogP contribution in [0.15, 0.2) is 77.7 Å². The first kappa shape index (κ1) is 24.8. The third-order valence-electron chi connectivity index (χ3n) is 4.92. The number of carbonyl (C=O) groups excluding carboxylic acids is 2. The number of benzene rings is 3. The van der Waals surface area contributed by atoms with Crippen LogP contribution in [-0.2, 0) is 11.4 Å². The van der Waals surface area contributed by atoms with Gasteiger partial charge in [-0.1, -0.05) is 59.8 Å². The number of nitrogens with zero attached hydrogens (tertiary/aromatic N) is 1. The van der Waals surface area contributed by atoms with E-state index in [0.29, 0.717) is 40.2 Å². The van der Waals surface area contributed by atoms with E-state index in [4.69, 9.17) is 33.3 Å². The summed E-state index contributed by atoms with van der Waals surface area (Å²) in [5, 5.41) is 1.59. The van der Waals surface area contributed by atoms with Gasteiger partial charge in [0.05, 0.1) is 11.5 Å². The summed E-state index contributed by atoms with van der Waals surface area (Å²) in [6, 6.07) is 21.6. The van der Waals surface area contributed by atoms with Gasteiger partial charge in [0, 0.05) is 10.6 Å². The fraction of sp³-hybridized carbons (Fsp3) is 0.115. The number of rotatable bonds is 8. The monoisotopic (exact) mass is 524 g/mol. The Bertz CT molecular complexity index is 1280. The third kappa shape index (κ3) is 6.22. The van der Waals surface area contributed by atoms with Crippen molar-refractivity contribution in [2.75, 3.05) is 6.61 Å². The van der Waals surface area contributed by atoms with Gasteiger partial charge in [0.15, 0.2) is 15.8 Å². The second kappa shape index (κ2) is 11.4. The first-order valence-corrected chi connectivity index (χ1v) is 12.3. The van der Waals surface area contributed by atoms with Gasteiger partial charge in [0.25, 0.3) is 11.8 Å². The molecule has 0 atom stereocenters. The van der Waals surface area contributed by atoms with Crippen molar-refractivity contribution < 1.29 is 19.1 Å². The Morgan fingerprint density at radius 2 is 1.80 bits per heavy atom. The van der Waals surface area contributed by atoms with Crippen LogP contribution < -0.4 is 14.9 Å². The zero-order chi connectivity index (χ0) is 24.8. The molecule has 1 N–H and O–H groups in total. The van der Waals surface area contributed by atoms with Crippen LogP contribution in [0.25, 0.3) is 6.08 Å². The van der Waals surface area contributed by atoms with Gasteiger partial charge < -0.3 is 9.47 Å². The maximum Gasteiger partial charge on any atom is 0.285 e. The Labute approximate surface area is 217 Å². The van der Waals surface area contributed by atoms with Gasteiger partial charge in [-0.2, -0.15) is 5.01 Å². The summed E-state index contributed by atoms with van der Waals surface area (Å²) < 4.78 is 11.9. The van der Waals surface area contributed by atoms with Gasteiger partial charge in [-0.25, -0.2) is 0 Å². The van der Waals surface area contributed by atoms with E-state index < -0.39 is 11.8 Å². The molecule has 35 heavy (non-hydrogen) atoms. The van der Waals surface area contributed by atoms with Gasteiger partial charge in [0.1, 0.15) is 6.61 Å². The van der Waals surface area contributed by atoms with E-state index in [1.807, 2.05) is 55.5 Å². The maximum atomic E-state index is 12.9. The summed E-state index contributed by atoms with van der Waals surface area (Å²) in [5.41, 5.74) is 4.70. The first-order valence-electron chi connectivity index (χ1n) is 10.7. The molecule has 1 aliphatic heterocycles. The standard InChI is InChI=1S/C26H21ClN2O4S2/c1-2-32-22-14-18(8-13-21(22)33-16-17-6-4-3-5-7-17)15-23-25(31)29(26(34)35-23)28-24(30)19-9-11-20(27)12-10-19/h3-15H,2,16H2,1H3,(H,28,30)/b23-15+. The molecule has 0 unspecified atom stereocenters. The second-order valence-electron chi connectivity index (χ2n) is 7.38. The van der Waals surface area contributed by atoms with E-state index >= 15 is 0 Å². The van der Waals surface area contributed by atoms with Crippen molar-refractivity contribution in [3.05, 3.63) is 99.4 Å². The lowest BCUT2D eigenvalue weighted by Crippen LogP contribution is -2.44. The fourth-order valence-corrected chi connectivity index (χ4v) is 4.53. The number of halogens is 1. The minimum Gasteiger partial charge on any atom is -0.490 e. The fourth-order valence-electron chi connectivity index (χ4n) is 3.22. The molecule has 2 amide bonds. The van der Waals surface area contributed by atoms with Crippen molar-refractivity contribution >= 4 is 57.8 Å². The Kier molecular flexibility index (Phi) is 8.07. The van der Waals surface area contributed by atoms with E-state index in [1.165, 1.54) is 0 Å². The minimum absolute atomic E-state index is 0.233. The van der Waals surface area contributed by atoms with Crippen LogP contribution in [0.1, 0.15) is 28.4 Å². The van der Waals surface area contributed by atoms with Crippen molar-refractivity contribution in [1.82, 2.24) is 10.4 Å². The SMILES string of the molecule is CCOc1cc(/C=C2/SC(=S)N(NC(=O)c3ccc(Cl)cc3)C2=O)ccc1OCc1ccccc1. The molecule has 3 aromatic carbocycles. The lowest BCUT2D eigenvalue weighted by atomic mass is 10.1. The summed E-state index contributed by atoms with van der Waals surface area (Å²) in [7, 11) is 0. The quantitative estimate of drug-likeness (QED) is 0.294. The number of thiocarbonyl (C=S) groups is 1. The van der Waals surface area contributed by atoms with Gasteiger partial charge in [-0.05, 0) is 72.7 Å². The summed E-state index contributed by atoms with van der Waals surface area (Å²) in [5.74, 6) is 0.307. The second-order valence-corrected chi connectivity index (χ2v) is 9.49. The average molecular weight is 525 g/mol. The molecule has 9 heteroatoms. The number of hydrogen-bond donors (Lipinski definition) is 1. The zero-order valence-corrected chi connectivity index (χ0v) is 21.1. The Hall–Kier alpha value is -3.33. The van der Waals surface area contributed by atoms with E-state index in [1.54, 1.807) is 30.3 Å². The molecule has 1 fully saturated rings. The molecule has 1 saturated heterocycles. The van der Waals surface area contributed by atoms with Crippen LogP contribution in [0.2, 0.25) is 5.02 Å². The van der Waals surface area contributed by atoms with E-state index in [9.17, 15) is 9.59 Å². The predicted octanol–water partition coefficient (Wildman–Crippen LogP) is 5.86. The topological polar surface area (TPSA) is 67.9 Å². The molecule has 0 radical (unpaired) electrons. The van der Waals surface area contributed by atoms with Crippen LogP contribution in [0.5, 0.6) is 11.5 Å². The Balaban J connectivity index is 1.48. The van der Waals surface area contributed by atoms with Crippen LogP contribution in [0, 0.1) is 0 Å². The van der Waals surface area contributed by atoms with Gasteiger partial charge >= 0.3 is 0 Å². The first-order chi connectivity index (χ1) is 16.9. The van der Waals surface area contributed by atoms with Gasteiger partial charge in [0.2, 0.25) is 0 Å². The normalized spacial score (nSPS) is 14.3. The molecular formula is C26H21ClN2O4S2. The molecule has 0 spiro atoms. The van der Waals surface area contributed by atoms with Crippen molar-refractivity contribution in [2.45, 2.75) is 13.5 Å². The van der Waals surface area contributed by atoms with Crippen molar-refractivity contribution in [1.29, 1.82) is 0 Å². The molecule has 4 rings (SSSR count). The lowest BCUT2D eigenvalue weighted by Gasteiger charge is -2.15. The molecular weight excluding hydrogens is 504 g/mol. The van der Waals surface area contributed by atoms with Crippen LogP contribution in [0.4, 0.5) is 0 Å². The largest absolute Gasteiger partial charge is 0.490 e. The molecule has 0 saturated carbocycles. The number of hydrogen-bond acceptors (Lipinski definition) is 6. The van der Waals surface area contributed by atoms with Crippen LogP contribution in [-0.4, -0.2) is 27.8 Å². The predicted molar refractivity (Wildman–Crippen MR) is 142 cm³/mol. The number of carbonyl (C=O) groups is 2. The zero-order valence-electron chi connectivity index (χ0n) is 18.7. The number of hydrazine groups is 1. The summed E-state index contributed by atoms with van der Waals surface area (Å²) in [6.07, 6.45) is 1.71. The molecule has 3 aromatic rings. The van der Waals surface area contributed by atoms with Crippen LogP contribution >= 0.6 is 35.6 Å². The molecule has 6 nitrogen and oxygen atoms in total. The maximum absolute atomic E-state index is 12.9. The highest BCUT2D eigenvalue weighted by Crippen LogP contribution is 2.34. The smallest absolute Gasteiger partial charge is 0.285 e. The molecule has 0 bridgehead atoms. The molecule has 0 aromatic heterocycles. The number of nitrogens with one attached hydrogen (secondary N) is 1. The number of thioether (sulfide) groups is 1. The lowest BCUT2D eigenvalue weighted by molar-refractivity contribution is -0.123. The van der Waals surface area contributed by atoms with Gasteiger partial charge in [-0.15, -0.1) is 0 Å². The highest BCUT2D eigenvalue weighted by atomic mass is 35.5. The molecule has 1 aliphatic rings. The highest BCUT2D eigenvalue weighted by Gasteiger charge is 2.33. The Morgan fingerprint density at radius 1 is 1.06 bits per heavy atom. The number of amides is 2. The average Bonchev–Trinajstić information content (AvgIpc) is 3.12. The van der Waals surface area contributed by atoms with Crippen molar-refractivity contribution in [3.63, 3.8) is 0 Å². The van der Waals surface area contributed by atoms with Crippen molar-refractivity contribution in [3.8, 4) is 11.5 Å². The van der Waals surface area contributed by atoms with E-state index in [-0.39, 0.29) is 4.32 Å². The third-order valence-corrected chi connectivity index (χ3v) is 6.47. The molecule has 178 valence electrons. The van der Waals surface area contributed by atoms with Crippen molar-refractivity contribution in [2.24, 2.45) is 0 Å². The van der Waals surface area contributed by atoms with E-state index in [2.05, 4.69) is 5.43 Å². The summed E-state index contributed by atoms with van der Waals surface area (Å²) in [4.78, 5) is 25.8. The minimum atomic E-state index is -0.460. The van der Waals surface area contributed by atoms with Crippen LogP contribution in [0.3, 0.4) is 0 Å². The summed E-state index contributed by atoms with van der Waals surface area (Å²) in [6.45, 7) is 2.76. The van der Waals surface area contributed by atoms with E-state index in [0.717, 1.165) is 27.9 Å². The van der Waals surface area contributed by atoms with Gasteiger partial charge in [-0.3, -0.25) is 15.0 Å². The number of ether oxygens (including phenoxy) is 2. The Morgan fingerprint density at radius 3 is 2.51 bits per heavy atom. The molecule has 1 heterocycles. The molecule has 0 aliphatic carbocycles.